The third-order valence-corrected chi connectivity index (χ3v) is 2.40. The van der Waals surface area contributed by atoms with E-state index in [4.69, 9.17) is 16.3 Å². The number of nitrogens with one attached hydrogen (secondary N) is 1. The molecule has 0 aromatic rings. The molecule has 1 N–H and O–H groups in total. The highest BCUT2D eigenvalue weighted by Gasteiger charge is 2.13. The van der Waals surface area contributed by atoms with Gasteiger partial charge in [-0.2, -0.15) is 0 Å². The van der Waals surface area contributed by atoms with Crippen LogP contribution in [0.5, 0.6) is 0 Å². The Morgan fingerprint density at radius 3 is 3.17 bits per heavy atom. The van der Waals surface area contributed by atoms with Crippen LogP contribution in [0.2, 0.25) is 0 Å². The summed E-state index contributed by atoms with van der Waals surface area (Å²) in [6.07, 6.45) is 1.24. The van der Waals surface area contributed by atoms with Crippen molar-refractivity contribution < 1.29 is 4.74 Å². The van der Waals surface area contributed by atoms with Crippen LogP contribution in [0.4, 0.5) is 0 Å². The van der Waals surface area contributed by atoms with Crippen LogP contribution in [0.15, 0.2) is 11.1 Å². The van der Waals surface area contributed by atoms with Crippen molar-refractivity contribution in [2.75, 3.05) is 26.3 Å². The van der Waals surface area contributed by atoms with Crippen molar-refractivity contribution in [3.63, 3.8) is 0 Å². The lowest BCUT2D eigenvalue weighted by molar-refractivity contribution is 0.124. The summed E-state index contributed by atoms with van der Waals surface area (Å²) in [7, 11) is 0. The van der Waals surface area contributed by atoms with Gasteiger partial charge >= 0.3 is 0 Å². The van der Waals surface area contributed by atoms with Gasteiger partial charge in [0.1, 0.15) is 0 Å². The van der Waals surface area contributed by atoms with Gasteiger partial charge in [-0.05, 0) is 31.4 Å². The smallest absolute Gasteiger partial charge is 0.0685 e. The number of hydrogen-bond donors (Lipinski definition) is 1. The van der Waals surface area contributed by atoms with Crippen molar-refractivity contribution in [2.45, 2.75) is 13.3 Å². The Morgan fingerprint density at radius 2 is 2.58 bits per heavy atom. The van der Waals surface area contributed by atoms with Crippen molar-refractivity contribution >= 4 is 11.6 Å². The molecule has 2 nitrogen and oxygen atoms in total. The molecule has 70 valence electrons. The molecule has 1 rings (SSSR count). The third-order valence-electron chi connectivity index (χ3n) is 2.03. The predicted octanol–water partition coefficient (Wildman–Crippen LogP) is 1.76. The first kappa shape index (κ1) is 10.0. The van der Waals surface area contributed by atoms with Crippen LogP contribution in [-0.4, -0.2) is 26.3 Å². The summed E-state index contributed by atoms with van der Waals surface area (Å²) < 4.78 is 5.48. The molecular weight excluding hydrogens is 174 g/mol. The van der Waals surface area contributed by atoms with E-state index in [-0.39, 0.29) is 0 Å². The minimum Gasteiger partial charge on any atom is -0.377 e. The molecular formula is C9H16ClNO. The molecule has 0 spiro atoms. The molecule has 12 heavy (non-hydrogen) atoms. The van der Waals surface area contributed by atoms with Crippen LogP contribution in [0.25, 0.3) is 0 Å². The van der Waals surface area contributed by atoms with Crippen LogP contribution in [-0.2, 0) is 4.74 Å². The van der Waals surface area contributed by atoms with Gasteiger partial charge in [-0.1, -0.05) is 11.6 Å². The van der Waals surface area contributed by atoms with E-state index < -0.39 is 0 Å². The van der Waals surface area contributed by atoms with Crippen LogP contribution in [0.1, 0.15) is 13.3 Å². The summed E-state index contributed by atoms with van der Waals surface area (Å²) in [6.45, 7) is 5.73. The highest BCUT2D eigenvalue weighted by Crippen LogP contribution is 2.08. The normalized spacial score (nSPS) is 24.8. The minimum absolute atomic E-state index is 0.667. The fraction of sp³-hybridized carbons (Fsp3) is 0.778. The lowest BCUT2D eigenvalue weighted by atomic mass is 10.1. The van der Waals surface area contributed by atoms with Crippen LogP contribution in [0, 0.1) is 5.92 Å². The predicted molar refractivity (Wildman–Crippen MR) is 51.4 cm³/mol. The summed E-state index contributed by atoms with van der Waals surface area (Å²) in [5.74, 6) is 0.702. The first-order valence-electron chi connectivity index (χ1n) is 4.37. The molecule has 3 heteroatoms. The van der Waals surface area contributed by atoms with Gasteiger partial charge in [0.15, 0.2) is 0 Å². The number of rotatable bonds is 4. The Hall–Kier alpha value is -0.0500. The number of ether oxygens (including phenoxy) is 1. The van der Waals surface area contributed by atoms with E-state index in [0.29, 0.717) is 12.5 Å². The molecule has 1 atom stereocenters. The van der Waals surface area contributed by atoms with Crippen molar-refractivity contribution in [3.8, 4) is 0 Å². The van der Waals surface area contributed by atoms with Crippen LogP contribution in [0.3, 0.4) is 0 Å². The van der Waals surface area contributed by atoms with E-state index in [0.717, 1.165) is 25.3 Å². The summed E-state index contributed by atoms with van der Waals surface area (Å²) >= 11 is 5.49. The molecule has 1 fully saturated rings. The Kier molecular flexibility index (Phi) is 4.66. The van der Waals surface area contributed by atoms with Gasteiger partial charge in [-0.25, -0.2) is 0 Å². The first-order valence-corrected chi connectivity index (χ1v) is 4.81. The lowest BCUT2D eigenvalue weighted by Crippen LogP contribution is -2.14. The average molecular weight is 190 g/mol. The molecule has 0 aliphatic carbocycles. The monoisotopic (exact) mass is 189 g/mol. The standard InChI is InChI=1S/C9H16ClNO/c1-8(4-10)6-12-7-9-2-3-11-5-9/h4,9,11H,2-3,5-7H2,1H3. The topological polar surface area (TPSA) is 21.3 Å². The van der Waals surface area contributed by atoms with Crippen molar-refractivity contribution in [3.05, 3.63) is 11.1 Å². The van der Waals surface area contributed by atoms with E-state index >= 15 is 0 Å². The number of hydrogen-bond acceptors (Lipinski definition) is 2. The maximum atomic E-state index is 5.49. The Labute approximate surface area is 78.9 Å². The SMILES string of the molecule is CC(=CCl)COCC1CCNC1. The van der Waals surface area contributed by atoms with Gasteiger partial charge < -0.3 is 10.1 Å². The maximum Gasteiger partial charge on any atom is 0.0685 e. The van der Waals surface area contributed by atoms with Crippen molar-refractivity contribution in [1.29, 1.82) is 0 Å². The van der Waals surface area contributed by atoms with E-state index in [1.807, 2.05) is 6.92 Å². The maximum absolute atomic E-state index is 5.49. The fourth-order valence-corrected chi connectivity index (χ4v) is 1.34. The zero-order valence-corrected chi connectivity index (χ0v) is 8.23. The molecule has 0 radical (unpaired) electrons. The van der Waals surface area contributed by atoms with Gasteiger partial charge in [0.2, 0.25) is 0 Å². The zero-order valence-electron chi connectivity index (χ0n) is 7.48. The summed E-state index contributed by atoms with van der Waals surface area (Å²) in [5.41, 5.74) is 2.66. The average Bonchev–Trinajstić information content (AvgIpc) is 2.57. The second kappa shape index (κ2) is 5.57. The number of halogens is 1. The van der Waals surface area contributed by atoms with Crippen molar-refractivity contribution in [1.82, 2.24) is 5.32 Å². The van der Waals surface area contributed by atoms with Crippen molar-refractivity contribution in [2.24, 2.45) is 5.92 Å². The molecule has 0 aromatic carbocycles. The molecule has 0 saturated carbocycles. The second-order valence-electron chi connectivity index (χ2n) is 3.33. The molecule has 1 aliphatic rings. The molecule has 1 unspecified atom stereocenters. The van der Waals surface area contributed by atoms with Crippen LogP contribution < -0.4 is 5.32 Å². The zero-order chi connectivity index (χ0) is 8.81. The Morgan fingerprint density at radius 1 is 1.75 bits per heavy atom. The van der Waals surface area contributed by atoms with Gasteiger partial charge in [0, 0.05) is 12.1 Å². The van der Waals surface area contributed by atoms with E-state index in [9.17, 15) is 0 Å². The second-order valence-corrected chi connectivity index (χ2v) is 3.55. The molecule has 0 aromatic heterocycles. The molecule has 1 heterocycles. The molecule has 0 bridgehead atoms. The Balaban J connectivity index is 2.01. The van der Waals surface area contributed by atoms with Gasteiger partial charge in [0.25, 0.3) is 0 Å². The minimum atomic E-state index is 0.667. The first-order chi connectivity index (χ1) is 5.83. The van der Waals surface area contributed by atoms with E-state index in [2.05, 4.69) is 5.32 Å². The van der Waals surface area contributed by atoms with Crippen LogP contribution >= 0.6 is 11.6 Å². The third kappa shape index (κ3) is 3.57. The highest BCUT2D eigenvalue weighted by molar-refractivity contribution is 6.25. The summed E-state index contributed by atoms with van der Waals surface area (Å²) in [6, 6.07) is 0. The van der Waals surface area contributed by atoms with E-state index in [1.165, 1.54) is 6.42 Å². The quantitative estimate of drug-likeness (QED) is 0.728. The lowest BCUT2D eigenvalue weighted by Gasteiger charge is -2.08. The van der Waals surface area contributed by atoms with E-state index in [1.54, 1.807) is 5.54 Å². The fourth-order valence-electron chi connectivity index (χ4n) is 1.27. The largest absolute Gasteiger partial charge is 0.377 e. The summed E-state index contributed by atoms with van der Waals surface area (Å²) in [4.78, 5) is 0. The molecule has 1 aliphatic heterocycles. The van der Waals surface area contributed by atoms with Gasteiger partial charge in [0.05, 0.1) is 13.2 Å². The van der Waals surface area contributed by atoms with Gasteiger partial charge in [-0.15, -0.1) is 0 Å². The highest BCUT2D eigenvalue weighted by atomic mass is 35.5. The Bertz CT molecular complexity index is 153. The summed E-state index contributed by atoms with van der Waals surface area (Å²) in [5, 5.41) is 3.30. The molecule has 1 saturated heterocycles. The van der Waals surface area contributed by atoms with Gasteiger partial charge in [-0.3, -0.25) is 0 Å². The molecule has 0 amide bonds.